The zero-order valence-electron chi connectivity index (χ0n) is 11.4. The van der Waals surface area contributed by atoms with Crippen LogP contribution in [-0.2, 0) is 11.3 Å². The normalized spacial score (nSPS) is 17.2. The first-order chi connectivity index (χ1) is 9.97. The van der Waals surface area contributed by atoms with Crippen molar-refractivity contribution in [2.75, 3.05) is 4.90 Å². The summed E-state index contributed by atoms with van der Waals surface area (Å²) in [5.41, 5.74) is 7.97. The summed E-state index contributed by atoms with van der Waals surface area (Å²) in [7, 11) is 0. The largest absolute Gasteiger partial charge is 0.316 e. The Morgan fingerprint density at radius 1 is 1.24 bits per heavy atom. The summed E-state index contributed by atoms with van der Waals surface area (Å²) in [6.07, 6.45) is 0. The maximum Gasteiger partial charge on any atom is 0.249 e. The summed E-state index contributed by atoms with van der Waals surface area (Å²) >= 11 is 0. The molecule has 1 aliphatic heterocycles. The van der Waals surface area contributed by atoms with E-state index in [9.17, 15) is 13.6 Å². The predicted molar refractivity (Wildman–Crippen MR) is 75.7 cm³/mol. The van der Waals surface area contributed by atoms with E-state index in [4.69, 9.17) is 5.73 Å². The van der Waals surface area contributed by atoms with Gasteiger partial charge in [0.25, 0.3) is 0 Å². The van der Waals surface area contributed by atoms with Crippen molar-refractivity contribution in [1.82, 2.24) is 0 Å². The van der Waals surface area contributed by atoms with Gasteiger partial charge in [-0.1, -0.05) is 29.8 Å². The molecule has 0 spiro atoms. The van der Waals surface area contributed by atoms with Gasteiger partial charge < -0.3 is 10.6 Å². The second-order valence-corrected chi connectivity index (χ2v) is 5.21. The summed E-state index contributed by atoms with van der Waals surface area (Å²) < 4.78 is 27.3. The monoisotopic (exact) mass is 288 g/mol. The molecule has 21 heavy (non-hydrogen) atoms. The number of carbonyl (C=O) groups excluding carboxylic acids is 1. The lowest BCUT2D eigenvalue weighted by atomic mass is 10.1. The van der Waals surface area contributed by atoms with Gasteiger partial charge in [0, 0.05) is 11.6 Å². The number of benzene rings is 2. The van der Waals surface area contributed by atoms with E-state index >= 15 is 0 Å². The SMILES string of the molecule is Cc1cccc(CN2C(=O)C(N)c3c(F)cc(F)cc32)c1. The Labute approximate surface area is 121 Å². The van der Waals surface area contributed by atoms with Crippen molar-refractivity contribution in [3.8, 4) is 0 Å². The van der Waals surface area contributed by atoms with Gasteiger partial charge in [-0.15, -0.1) is 0 Å². The second kappa shape index (κ2) is 4.93. The standard InChI is InChI=1S/C16H14F2N2O/c1-9-3-2-4-10(5-9)8-20-13-7-11(17)6-12(18)14(13)15(19)16(20)21/h2-7,15H,8,19H2,1H3. The molecular weight excluding hydrogens is 274 g/mol. The molecule has 3 rings (SSSR count). The van der Waals surface area contributed by atoms with Crippen LogP contribution in [0.2, 0.25) is 0 Å². The van der Waals surface area contributed by atoms with Crippen LogP contribution in [0.3, 0.4) is 0 Å². The van der Waals surface area contributed by atoms with Gasteiger partial charge in [0.15, 0.2) is 0 Å². The molecule has 0 saturated carbocycles. The fourth-order valence-electron chi connectivity index (χ4n) is 2.67. The first-order valence-electron chi connectivity index (χ1n) is 6.59. The van der Waals surface area contributed by atoms with Crippen LogP contribution in [0, 0.1) is 18.6 Å². The van der Waals surface area contributed by atoms with Gasteiger partial charge in [-0.2, -0.15) is 0 Å². The van der Waals surface area contributed by atoms with E-state index in [1.807, 2.05) is 31.2 Å². The Hall–Kier alpha value is -2.27. The number of aryl methyl sites for hydroxylation is 1. The van der Waals surface area contributed by atoms with Crippen molar-refractivity contribution in [2.24, 2.45) is 5.73 Å². The van der Waals surface area contributed by atoms with E-state index in [1.54, 1.807) is 0 Å². The van der Waals surface area contributed by atoms with Gasteiger partial charge in [-0.25, -0.2) is 8.78 Å². The number of amides is 1. The average molecular weight is 288 g/mol. The molecule has 108 valence electrons. The molecule has 0 radical (unpaired) electrons. The van der Waals surface area contributed by atoms with Crippen molar-refractivity contribution in [3.05, 3.63) is 64.7 Å². The van der Waals surface area contributed by atoms with E-state index in [2.05, 4.69) is 0 Å². The molecule has 1 unspecified atom stereocenters. The first-order valence-corrected chi connectivity index (χ1v) is 6.59. The zero-order chi connectivity index (χ0) is 15.1. The number of rotatable bonds is 2. The van der Waals surface area contributed by atoms with Crippen LogP contribution in [0.4, 0.5) is 14.5 Å². The Morgan fingerprint density at radius 2 is 2.00 bits per heavy atom. The Balaban J connectivity index is 2.03. The number of hydrogen-bond donors (Lipinski definition) is 1. The molecule has 3 nitrogen and oxygen atoms in total. The molecule has 2 N–H and O–H groups in total. The number of nitrogens with zero attached hydrogens (tertiary/aromatic N) is 1. The number of halogens is 2. The Bertz CT molecular complexity index is 730. The van der Waals surface area contributed by atoms with E-state index < -0.39 is 23.6 Å². The molecule has 2 aromatic rings. The lowest BCUT2D eigenvalue weighted by Gasteiger charge is -2.18. The Morgan fingerprint density at radius 3 is 2.71 bits per heavy atom. The number of anilines is 1. The maximum absolute atomic E-state index is 13.9. The summed E-state index contributed by atoms with van der Waals surface area (Å²) in [4.78, 5) is 13.6. The summed E-state index contributed by atoms with van der Waals surface area (Å²) in [6, 6.07) is 8.42. The molecule has 0 aromatic heterocycles. The number of fused-ring (bicyclic) bond motifs is 1. The first kappa shape index (κ1) is 13.7. The highest BCUT2D eigenvalue weighted by Crippen LogP contribution is 2.38. The lowest BCUT2D eigenvalue weighted by Crippen LogP contribution is -2.31. The summed E-state index contributed by atoms with van der Waals surface area (Å²) in [6.45, 7) is 2.18. The summed E-state index contributed by atoms with van der Waals surface area (Å²) in [5, 5.41) is 0. The minimum Gasteiger partial charge on any atom is -0.316 e. The van der Waals surface area contributed by atoms with Gasteiger partial charge in [0.1, 0.15) is 17.7 Å². The second-order valence-electron chi connectivity index (χ2n) is 5.21. The highest BCUT2D eigenvalue weighted by Gasteiger charge is 2.37. The fourth-order valence-corrected chi connectivity index (χ4v) is 2.67. The molecule has 0 bridgehead atoms. The van der Waals surface area contributed by atoms with E-state index in [-0.39, 0.29) is 17.8 Å². The van der Waals surface area contributed by atoms with Gasteiger partial charge in [-0.05, 0) is 18.6 Å². The molecule has 0 fully saturated rings. The van der Waals surface area contributed by atoms with Crippen LogP contribution in [0.1, 0.15) is 22.7 Å². The highest BCUT2D eigenvalue weighted by atomic mass is 19.1. The van der Waals surface area contributed by atoms with Gasteiger partial charge in [0.2, 0.25) is 5.91 Å². The zero-order valence-corrected chi connectivity index (χ0v) is 11.4. The molecule has 1 amide bonds. The molecule has 5 heteroatoms. The number of hydrogen-bond acceptors (Lipinski definition) is 2. The number of carbonyl (C=O) groups is 1. The van der Waals surface area contributed by atoms with Crippen LogP contribution < -0.4 is 10.6 Å². The van der Waals surface area contributed by atoms with Crippen molar-refractivity contribution in [2.45, 2.75) is 19.5 Å². The van der Waals surface area contributed by atoms with Crippen molar-refractivity contribution in [1.29, 1.82) is 0 Å². The number of nitrogens with two attached hydrogens (primary N) is 1. The molecule has 0 aliphatic carbocycles. The maximum atomic E-state index is 13.9. The van der Waals surface area contributed by atoms with Crippen LogP contribution in [0.15, 0.2) is 36.4 Å². The topological polar surface area (TPSA) is 46.3 Å². The lowest BCUT2D eigenvalue weighted by molar-refractivity contribution is -0.119. The average Bonchev–Trinajstić information content (AvgIpc) is 2.64. The van der Waals surface area contributed by atoms with Crippen molar-refractivity contribution >= 4 is 11.6 Å². The minimum atomic E-state index is -1.08. The van der Waals surface area contributed by atoms with Crippen LogP contribution in [0.5, 0.6) is 0 Å². The third-order valence-corrected chi connectivity index (χ3v) is 3.63. The fraction of sp³-hybridized carbons (Fsp3) is 0.188. The van der Waals surface area contributed by atoms with Crippen LogP contribution >= 0.6 is 0 Å². The molecule has 1 aliphatic rings. The van der Waals surface area contributed by atoms with Crippen molar-refractivity contribution in [3.63, 3.8) is 0 Å². The summed E-state index contributed by atoms with van der Waals surface area (Å²) in [5.74, 6) is -1.92. The van der Waals surface area contributed by atoms with Gasteiger partial charge in [0.05, 0.1) is 12.2 Å². The van der Waals surface area contributed by atoms with Gasteiger partial charge in [-0.3, -0.25) is 4.79 Å². The minimum absolute atomic E-state index is 0.0639. The van der Waals surface area contributed by atoms with E-state index in [0.717, 1.165) is 23.3 Å². The Kier molecular flexibility index (Phi) is 3.22. The molecular formula is C16H14F2N2O. The van der Waals surface area contributed by atoms with Crippen molar-refractivity contribution < 1.29 is 13.6 Å². The molecule has 0 saturated heterocycles. The van der Waals surface area contributed by atoms with Gasteiger partial charge >= 0.3 is 0 Å². The van der Waals surface area contributed by atoms with E-state index in [1.165, 1.54) is 4.90 Å². The predicted octanol–water partition coefficient (Wildman–Crippen LogP) is 2.82. The van der Waals surface area contributed by atoms with E-state index in [0.29, 0.717) is 0 Å². The highest BCUT2D eigenvalue weighted by molar-refractivity contribution is 6.04. The molecule has 2 aromatic carbocycles. The third kappa shape index (κ3) is 2.29. The molecule has 1 heterocycles. The van der Waals surface area contributed by atoms with Crippen LogP contribution in [0.25, 0.3) is 0 Å². The van der Waals surface area contributed by atoms with Crippen LogP contribution in [-0.4, -0.2) is 5.91 Å². The molecule has 1 atom stereocenters. The quantitative estimate of drug-likeness (QED) is 0.923. The smallest absolute Gasteiger partial charge is 0.249 e. The third-order valence-electron chi connectivity index (χ3n) is 3.63.